The maximum absolute atomic E-state index is 13.8. The second kappa shape index (κ2) is 6.21. The number of halogens is 1. The molecule has 0 radical (unpaired) electrons. The van der Waals surface area contributed by atoms with E-state index in [1.54, 1.807) is 7.11 Å². The summed E-state index contributed by atoms with van der Waals surface area (Å²) in [5, 5.41) is 13.7. The van der Waals surface area contributed by atoms with Crippen molar-refractivity contribution in [2.45, 2.75) is 13.5 Å². The lowest BCUT2D eigenvalue weighted by Crippen LogP contribution is -2.06. The van der Waals surface area contributed by atoms with Crippen molar-refractivity contribution in [2.24, 2.45) is 0 Å². The highest BCUT2D eigenvalue weighted by Gasteiger charge is 2.17. The molecular formula is C15H15FN2O3. The van der Waals surface area contributed by atoms with Crippen LogP contribution < -0.4 is 10.1 Å². The number of nitro groups is 1. The van der Waals surface area contributed by atoms with Gasteiger partial charge < -0.3 is 10.1 Å². The molecule has 2 aromatic rings. The molecule has 0 fully saturated rings. The second-order valence-electron chi connectivity index (χ2n) is 4.56. The van der Waals surface area contributed by atoms with E-state index in [9.17, 15) is 14.5 Å². The van der Waals surface area contributed by atoms with Crippen LogP contribution in [-0.2, 0) is 6.54 Å². The minimum Gasteiger partial charge on any atom is -0.496 e. The number of nitrogens with zero attached hydrogens (tertiary/aromatic N) is 1. The molecule has 0 saturated carbocycles. The van der Waals surface area contributed by atoms with Crippen LogP contribution in [0.4, 0.5) is 15.8 Å². The van der Waals surface area contributed by atoms with Gasteiger partial charge in [-0.25, -0.2) is 4.39 Å². The third-order valence-corrected chi connectivity index (χ3v) is 3.08. The molecule has 0 aliphatic rings. The highest BCUT2D eigenvalue weighted by molar-refractivity contribution is 5.62. The predicted octanol–water partition coefficient (Wildman–Crippen LogP) is 3.66. The third kappa shape index (κ3) is 3.28. The first-order chi connectivity index (χ1) is 10.0. The lowest BCUT2D eigenvalue weighted by molar-refractivity contribution is -0.384. The van der Waals surface area contributed by atoms with Crippen molar-refractivity contribution in [3.63, 3.8) is 0 Å². The summed E-state index contributed by atoms with van der Waals surface area (Å²) in [5.74, 6) is -0.0112. The fourth-order valence-corrected chi connectivity index (χ4v) is 2.07. The Morgan fingerprint density at radius 2 is 2.10 bits per heavy atom. The summed E-state index contributed by atoms with van der Waals surface area (Å²) in [6.07, 6.45) is 0. The quantitative estimate of drug-likeness (QED) is 0.674. The summed E-state index contributed by atoms with van der Waals surface area (Å²) in [5.41, 5.74) is 1.42. The average molecular weight is 290 g/mol. The molecule has 0 bridgehead atoms. The number of anilines is 1. The third-order valence-electron chi connectivity index (χ3n) is 3.08. The van der Waals surface area contributed by atoms with E-state index in [4.69, 9.17) is 4.74 Å². The fourth-order valence-electron chi connectivity index (χ4n) is 2.07. The first-order valence-electron chi connectivity index (χ1n) is 6.33. The Balaban J connectivity index is 2.28. The van der Waals surface area contributed by atoms with Crippen LogP contribution in [0.3, 0.4) is 0 Å². The number of nitro benzene ring substituents is 1. The number of methoxy groups -OCH3 is 1. The topological polar surface area (TPSA) is 64.4 Å². The van der Waals surface area contributed by atoms with Gasteiger partial charge in [-0.1, -0.05) is 23.8 Å². The van der Waals surface area contributed by atoms with Gasteiger partial charge >= 0.3 is 0 Å². The average Bonchev–Trinajstić information content (AvgIpc) is 2.45. The molecular weight excluding hydrogens is 275 g/mol. The van der Waals surface area contributed by atoms with Crippen LogP contribution >= 0.6 is 0 Å². The van der Waals surface area contributed by atoms with Crippen LogP contribution in [0.5, 0.6) is 5.75 Å². The number of hydrogen-bond acceptors (Lipinski definition) is 4. The molecule has 0 atom stereocenters. The van der Waals surface area contributed by atoms with Gasteiger partial charge in [0.2, 0.25) is 0 Å². The highest BCUT2D eigenvalue weighted by Crippen LogP contribution is 2.28. The highest BCUT2D eigenvalue weighted by atomic mass is 19.1. The minimum atomic E-state index is -0.657. The molecule has 2 aromatic carbocycles. The molecule has 6 heteroatoms. The van der Waals surface area contributed by atoms with Gasteiger partial charge in [0.15, 0.2) is 5.82 Å². The smallest absolute Gasteiger partial charge is 0.295 e. The van der Waals surface area contributed by atoms with E-state index in [1.165, 1.54) is 18.2 Å². The van der Waals surface area contributed by atoms with E-state index in [1.807, 2.05) is 25.1 Å². The van der Waals surface area contributed by atoms with E-state index in [2.05, 4.69) is 5.32 Å². The molecule has 110 valence electrons. The Morgan fingerprint density at radius 3 is 2.76 bits per heavy atom. The lowest BCUT2D eigenvalue weighted by atomic mass is 10.1. The molecule has 0 amide bonds. The Kier molecular flexibility index (Phi) is 4.37. The van der Waals surface area contributed by atoms with Crippen molar-refractivity contribution in [2.75, 3.05) is 12.4 Å². The molecule has 1 N–H and O–H groups in total. The summed E-state index contributed by atoms with van der Waals surface area (Å²) in [6.45, 7) is 2.15. The Morgan fingerprint density at radius 1 is 1.33 bits per heavy atom. The van der Waals surface area contributed by atoms with E-state index in [0.717, 1.165) is 11.1 Å². The van der Waals surface area contributed by atoms with Gasteiger partial charge in [-0.15, -0.1) is 0 Å². The van der Waals surface area contributed by atoms with Gasteiger partial charge in [0, 0.05) is 18.2 Å². The monoisotopic (exact) mass is 290 g/mol. The van der Waals surface area contributed by atoms with E-state index < -0.39 is 10.7 Å². The van der Waals surface area contributed by atoms with Crippen molar-refractivity contribution in [3.8, 4) is 5.75 Å². The van der Waals surface area contributed by atoms with Gasteiger partial charge in [-0.3, -0.25) is 10.1 Å². The number of rotatable bonds is 5. The van der Waals surface area contributed by atoms with Crippen molar-refractivity contribution in [1.29, 1.82) is 0 Å². The maximum Gasteiger partial charge on any atom is 0.295 e. The molecule has 5 nitrogen and oxygen atoms in total. The van der Waals surface area contributed by atoms with E-state index in [0.29, 0.717) is 5.75 Å². The zero-order valence-corrected chi connectivity index (χ0v) is 11.7. The first-order valence-corrected chi connectivity index (χ1v) is 6.33. The maximum atomic E-state index is 13.8. The molecule has 0 spiro atoms. The molecule has 0 saturated heterocycles. The summed E-state index contributed by atoms with van der Waals surface area (Å²) >= 11 is 0. The largest absolute Gasteiger partial charge is 0.496 e. The Labute approximate surface area is 121 Å². The van der Waals surface area contributed by atoms with E-state index in [-0.39, 0.29) is 17.9 Å². The summed E-state index contributed by atoms with van der Waals surface area (Å²) in [4.78, 5) is 10.3. The second-order valence-corrected chi connectivity index (χ2v) is 4.56. The zero-order valence-electron chi connectivity index (χ0n) is 11.7. The Hall–Kier alpha value is -2.63. The van der Waals surface area contributed by atoms with Crippen molar-refractivity contribution in [3.05, 3.63) is 63.5 Å². The Bertz CT molecular complexity index is 674. The predicted molar refractivity (Wildman–Crippen MR) is 78.1 cm³/mol. The van der Waals surface area contributed by atoms with E-state index >= 15 is 0 Å². The standard InChI is InChI=1S/C15H15FN2O3/c1-10-6-7-14(21-2)11(8-10)9-17-15-12(16)4-3-5-13(15)18(19)20/h3-8,17H,9H2,1-2H3. The summed E-state index contributed by atoms with van der Waals surface area (Å²) < 4.78 is 19.0. The molecule has 2 rings (SSSR count). The van der Waals surface area contributed by atoms with Crippen molar-refractivity contribution in [1.82, 2.24) is 0 Å². The van der Waals surface area contributed by atoms with Crippen LogP contribution in [-0.4, -0.2) is 12.0 Å². The molecule has 0 aliphatic heterocycles. The van der Waals surface area contributed by atoms with Crippen LogP contribution in [0.25, 0.3) is 0 Å². The van der Waals surface area contributed by atoms with Crippen LogP contribution in [0.15, 0.2) is 36.4 Å². The lowest BCUT2D eigenvalue weighted by Gasteiger charge is -2.12. The van der Waals surface area contributed by atoms with Gasteiger partial charge in [0.05, 0.1) is 12.0 Å². The summed E-state index contributed by atoms with van der Waals surface area (Å²) in [6, 6.07) is 9.35. The van der Waals surface area contributed by atoms with Crippen LogP contribution in [0, 0.1) is 22.9 Å². The van der Waals surface area contributed by atoms with Crippen molar-refractivity contribution < 1.29 is 14.1 Å². The fraction of sp³-hybridized carbons (Fsp3) is 0.200. The van der Waals surface area contributed by atoms with Crippen LogP contribution in [0.2, 0.25) is 0 Å². The molecule has 0 aliphatic carbocycles. The zero-order chi connectivity index (χ0) is 15.4. The normalized spacial score (nSPS) is 10.2. The minimum absolute atomic E-state index is 0.119. The van der Waals surface area contributed by atoms with Crippen molar-refractivity contribution >= 4 is 11.4 Å². The number of hydrogen-bond donors (Lipinski definition) is 1. The first kappa shape index (κ1) is 14.8. The number of nitrogens with one attached hydrogen (secondary N) is 1. The van der Waals surface area contributed by atoms with Gasteiger partial charge in [-0.05, 0) is 19.1 Å². The number of para-hydroxylation sites is 1. The molecule has 21 heavy (non-hydrogen) atoms. The van der Waals surface area contributed by atoms with Crippen LogP contribution in [0.1, 0.15) is 11.1 Å². The van der Waals surface area contributed by atoms with Gasteiger partial charge in [-0.2, -0.15) is 0 Å². The number of aryl methyl sites for hydroxylation is 1. The molecule has 0 aromatic heterocycles. The number of benzene rings is 2. The summed E-state index contributed by atoms with van der Waals surface area (Å²) in [7, 11) is 1.54. The molecule has 0 unspecified atom stereocenters. The van der Waals surface area contributed by atoms with Gasteiger partial charge in [0.1, 0.15) is 11.4 Å². The number of ether oxygens (including phenoxy) is 1. The molecule has 0 heterocycles. The SMILES string of the molecule is COc1ccc(C)cc1CNc1c(F)cccc1[N+](=O)[O-]. The van der Waals surface area contributed by atoms with Gasteiger partial charge in [0.25, 0.3) is 5.69 Å².